The molecule has 0 bridgehead atoms. The molecule has 0 aliphatic rings. The summed E-state index contributed by atoms with van der Waals surface area (Å²) in [5.74, 6) is -0.454. The topological polar surface area (TPSA) is 49.4 Å². The quantitative estimate of drug-likeness (QED) is 0.815. The van der Waals surface area contributed by atoms with Crippen LogP contribution in [0.25, 0.3) is 0 Å². The van der Waals surface area contributed by atoms with Crippen molar-refractivity contribution in [3.8, 4) is 0 Å². The van der Waals surface area contributed by atoms with E-state index in [4.69, 9.17) is 11.6 Å². The molecule has 1 atom stereocenters. The van der Waals surface area contributed by atoms with Crippen LogP contribution in [0, 0.1) is 0 Å². The number of carbonyl (C=O) groups is 2. The molecule has 0 aromatic heterocycles. The molecular formula is C18H18BrClN2O2. The predicted molar refractivity (Wildman–Crippen MR) is 99.0 cm³/mol. The minimum Gasteiger partial charge on any atom is -0.341 e. The van der Waals surface area contributed by atoms with E-state index in [0.717, 1.165) is 10.0 Å². The molecule has 1 unspecified atom stereocenters. The number of carbonyl (C=O) groups excluding carboxylic acids is 2. The van der Waals surface area contributed by atoms with Gasteiger partial charge in [-0.05, 0) is 48.9 Å². The first-order chi connectivity index (χ1) is 11.4. The second-order valence-electron chi connectivity index (χ2n) is 5.52. The van der Waals surface area contributed by atoms with Crippen LogP contribution in [-0.4, -0.2) is 29.8 Å². The van der Waals surface area contributed by atoms with Crippen molar-refractivity contribution in [2.24, 2.45) is 0 Å². The van der Waals surface area contributed by atoms with Crippen LogP contribution in [0.3, 0.4) is 0 Å². The highest BCUT2D eigenvalue weighted by Crippen LogP contribution is 2.13. The molecule has 126 valence electrons. The number of halogens is 2. The molecule has 0 radical (unpaired) electrons. The van der Waals surface area contributed by atoms with Gasteiger partial charge in [0.05, 0.1) is 0 Å². The average Bonchev–Trinajstić information content (AvgIpc) is 2.56. The standard InChI is InChI=1S/C18H18BrClN2O2/c1-12(21-17(23)14-5-9-16(20)10-6-14)18(24)22(2)11-13-3-7-15(19)8-4-13/h3-10,12H,11H2,1-2H3,(H,21,23). The molecule has 0 fully saturated rings. The Hall–Kier alpha value is -1.85. The van der Waals surface area contributed by atoms with Gasteiger partial charge < -0.3 is 10.2 Å². The molecule has 0 spiro atoms. The van der Waals surface area contributed by atoms with Gasteiger partial charge in [0.1, 0.15) is 6.04 Å². The number of hydrogen-bond donors (Lipinski definition) is 1. The van der Waals surface area contributed by atoms with Gasteiger partial charge in [0.15, 0.2) is 0 Å². The lowest BCUT2D eigenvalue weighted by Crippen LogP contribution is -2.45. The zero-order valence-electron chi connectivity index (χ0n) is 13.4. The molecule has 24 heavy (non-hydrogen) atoms. The Balaban J connectivity index is 1.94. The molecule has 0 heterocycles. The van der Waals surface area contributed by atoms with Crippen LogP contribution in [0.2, 0.25) is 5.02 Å². The maximum Gasteiger partial charge on any atom is 0.251 e. The molecule has 1 N–H and O–H groups in total. The number of hydrogen-bond acceptors (Lipinski definition) is 2. The molecule has 2 aromatic carbocycles. The van der Waals surface area contributed by atoms with Crippen molar-refractivity contribution in [3.63, 3.8) is 0 Å². The SMILES string of the molecule is CC(NC(=O)c1ccc(Cl)cc1)C(=O)N(C)Cc1ccc(Br)cc1. The van der Waals surface area contributed by atoms with E-state index in [-0.39, 0.29) is 11.8 Å². The summed E-state index contributed by atoms with van der Waals surface area (Å²) in [6.07, 6.45) is 0. The van der Waals surface area contributed by atoms with Crippen LogP contribution in [-0.2, 0) is 11.3 Å². The van der Waals surface area contributed by atoms with Crippen LogP contribution < -0.4 is 5.32 Å². The van der Waals surface area contributed by atoms with Crippen LogP contribution >= 0.6 is 27.5 Å². The van der Waals surface area contributed by atoms with E-state index in [1.807, 2.05) is 24.3 Å². The summed E-state index contributed by atoms with van der Waals surface area (Å²) in [5.41, 5.74) is 1.49. The summed E-state index contributed by atoms with van der Waals surface area (Å²) in [6.45, 7) is 2.15. The van der Waals surface area contributed by atoms with Crippen LogP contribution in [0.5, 0.6) is 0 Å². The fourth-order valence-electron chi connectivity index (χ4n) is 2.22. The first kappa shape index (κ1) is 18.5. The van der Waals surface area contributed by atoms with Gasteiger partial charge in [0, 0.05) is 28.7 Å². The lowest BCUT2D eigenvalue weighted by atomic mass is 10.2. The normalized spacial score (nSPS) is 11.7. The van der Waals surface area contributed by atoms with E-state index in [1.54, 1.807) is 43.1 Å². The highest BCUT2D eigenvalue weighted by Gasteiger charge is 2.20. The smallest absolute Gasteiger partial charge is 0.251 e. The third kappa shape index (κ3) is 5.08. The van der Waals surface area contributed by atoms with Crippen LogP contribution in [0.4, 0.5) is 0 Å². The Morgan fingerprint density at radius 1 is 1.12 bits per heavy atom. The number of rotatable bonds is 5. The summed E-state index contributed by atoms with van der Waals surface area (Å²) in [6, 6.07) is 13.7. The molecule has 2 rings (SSSR count). The Morgan fingerprint density at radius 2 is 1.71 bits per heavy atom. The zero-order valence-corrected chi connectivity index (χ0v) is 15.8. The van der Waals surface area contributed by atoms with E-state index < -0.39 is 6.04 Å². The van der Waals surface area contributed by atoms with Crippen LogP contribution in [0.1, 0.15) is 22.8 Å². The number of nitrogens with zero attached hydrogens (tertiary/aromatic N) is 1. The fourth-order valence-corrected chi connectivity index (χ4v) is 2.61. The van der Waals surface area contributed by atoms with Crippen molar-refractivity contribution in [1.82, 2.24) is 10.2 Å². The summed E-state index contributed by atoms with van der Waals surface area (Å²) in [7, 11) is 1.72. The van der Waals surface area contributed by atoms with Gasteiger partial charge in [-0.25, -0.2) is 0 Å². The molecule has 0 aliphatic carbocycles. The molecule has 2 amide bonds. The van der Waals surface area contributed by atoms with E-state index in [9.17, 15) is 9.59 Å². The van der Waals surface area contributed by atoms with Gasteiger partial charge >= 0.3 is 0 Å². The number of likely N-dealkylation sites (N-methyl/N-ethyl adjacent to an activating group) is 1. The molecule has 6 heteroatoms. The van der Waals surface area contributed by atoms with Crippen molar-refractivity contribution in [1.29, 1.82) is 0 Å². The Kier molecular flexibility index (Phi) is 6.40. The van der Waals surface area contributed by atoms with Gasteiger partial charge in [-0.3, -0.25) is 9.59 Å². The number of amides is 2. The Bertz CT molecular complexity index is 717. The van der Waals surface area contributed by atoms with E-state index in [1.165, 1.54) is 0 Å². The Morgan fingerprint density at radius 3 is 2.29 bits per heavy atom. The van der Waals surface area contributed by atoms with Gasteiger partial charge in [0.2, 0.25) is 5.91 Å². The second kappa shape index (κ2) is 8.31. The van der Waals surface area contributed by atoms with Gasteiger partial charge in [-0.1, -0.05) is 39.7 Å². The van der Waals surface area contributed by atoms with Gasteiger partial charge in [-0.2, -0.15) is 0 Å². The third-order valence-corrected chi connectivity index (χ3v) is 4.31. The van der Waals surface area contributed by atoms with Crippen molar-refractivity contribution in [2.75, 3.05) is 7.05 Å². The lowest BCUT2D eigenvalue weighted by molar-refractivity contribution is -0.132. The highest BCUT2D eigenvalue weighted by atomic mass is 79.9. The lowest BCUT2D eigenvalue weighted by Gasteiger charge is -2.22. The van der Waals surface area contributed by atoms with E-state index in [0.29, 0.717) is 17.1 Å². The largest absolute Gasteiger partial charge is 0.341 e. The minimum atomic E-state index is -0.617. The summed E-state index contributed by atoms with van der Waals surface area (Å²) in [5, 5.41) is 3.27. The fraction of sp³-hybridized carbons (Fsp3) is 0.222. The monoisotopic (exact) mass is 408 g/mol. The molecule has 4 nitrogen and oxygen atoms in total. The summed E-state index contributed by atoms with van der Waals surface area (Å²) < 4.78 is 0.990. The molecule has 0 aliphatic heterocycles. The summed E-state index contributed by atoms with van der Waals surface area (Å²) >= 11 is 9.19. The van der Waals surface area contributed by atoms with Gasteiger partial charge in [0.25, 0.3) is 5.91 Å². The van der Waals surface area contributed by atoms with Gasteiger partial charge in [-0.15, -0.1) is 0 Å². The first-order valence-electron chi connectivity index (χ1n) is 7.42. The van der Waals surface area contributed by atoms with Crippen molar-refractivity contribution < 1.29 is 9.59 Å². The molecule has 0 saturated carbocycles. The Labute approximate surface area is 154 Å². The second-order valence-corrected chi connectivity index (χ2v) is 6.87. The number of nitrogens with one attached hydrogen (secondary N) is 1. The van der Waals surface area contributed by atoms with Crippen molar-refractivity contribution in [3.05, 3.63) is 69.2 Å². The van der Waals surface area contributed by atoms with Crippen LogP contribution in [0.15, 0.2) is 53.0 Å². The highest BCUT2D eigenvalue weighted by molar-refractivity contribution is 9.10. The van der Waals surface area contributed by atoms with Crippen molar-refractivity contribution >= 4 is 39.3 Å². The maximum atomic E-state index is 12.4. The third-order valence-electron chi connectivity index (χ3n) is 3.53. The van der Waals surface area contributed by atoms with E-state index in [2.05, 4.69) is 21.2 Å². The number of benzene rings is 2. The zero-order chi connectivity index (χ0) is 17.7. The average molecular weight is 410 g/mol. The van der Waals surface area contributed by atoms with E-state index >= 15 is 0 Å². The maximum absolute atomic E-state index is 12.4. The molecule has 0 saturated heterocycles. The van der Waals surface area contributed by atoms with Crippen molar-refractivity contribution in [2.45, 2.75) is 19.5 Å². The molecule has 2 aromatic rings. The first-order valence-corrected chi connectivity index (χ1v) is 8.60. The molecular weight excluding hydrogens is 392 g/mol. The predicted octanol–water partition coefficient (Wildman–Crippen LogP) is 3.88. The minimum absolute atomic E-state index is 0.153. The summed E-state index contributed by atoms with van der Waals surface area (Å²) in [4.78, 5) is 26.2.